The average molecular weight is 196 g/mol. The van der Waals surface area contributed by atoms with Crippen molar-refractivity contribution in [1.82, 2.24) is 0 Å². The second kappa shape index (κ2) is 5.28. The van der Waals surface area contributed by atoms with Crippen molar-refractivity contribution in [1.29, 1.82) is 0 Å². The molecule has 0 amide bonds. The molecule has 0 unspecified atom stereocenters. The lowest BCUT2D eigenvalue weighted by Crippen LogP contribution is -2.24. The molecule has 0 spiro atoms. The maximum atomic E-state index is 11.6. The van der Waals surface area contributed by atoms with Gasteiger partial charge in [0.15, 0.2) is 0 Å². The summed E-state index contributed by atoms with van der Waals surface area (Å²) in [7, 11) is 0. The second-order valence-electron chi connectivity index (χ2n) is 4.38. The molecule has 0 aromatic heterocycles. The first-order valence-electron chi connectivity index (χ1n) is 5.68. The summed E-state index contributed by atoms with van der Waals surface area (Å²) in [6.45, 7) is 3.71. The van der Waals surface area contributed by atoms with Crippen molar-refractivity contribution in [3.8, 4) is 0 Å². The molecule has 2 nitrogen and oxygen atoms in total. The predicted molar refractivity (Wildman–Crippen MR) is 56.0 cm³/mol. The molecule has 0 bridgehead atoms. The van der Waals surface area contributed by atoms with Crippen LogP contribution in [0.2, 0.25) is 0 Å². The van der Waals surface area contributed by atoms with Crippen molar-refractivity contribution >= 4 is 11.6 Å². The molecular weight excluding hydrogens is 176 g/mol. The van der Waals surface area contributed by atoms with Crippen LogP contribution in [0.1, 0.15) is 52.4 Å². The highest BCUT2D eigenvalue weighted by Gasteiger charge is 2.27. The molecule has 1 saturated carbocycles. The monoisotopic (exact) mass is 196 g/mol. The van der Waals surface area contributed by atoms with Gasteiger partial charge in [0.25, 0.3) is 0 Å². The summed E-state index contributed by atoms with van der Waals surface area (Å²) in [4.78, 5) is 22.7. The highest BCUT2D eigenvalue weighted by atomic mass is 16.1. The topological polar surface area (TPSA) is 34.1 Å². The lowest BCUT2D eigenvalue weighted by molar-refractivity contribution is -0.127. The highest BCUT2D eigenvalue weighted by Crippen LogP contribution is 2.30. The van der Waals surface area contributed by atoms with Crippen LogP contribution in [0, 0.1) is 11.8 Å². The summed E-state index contributed by atoms with van der Waals surface area (Å²) in [5.74, 6) is 1.20. The highest BCUT2D eigenvalue weighted by molar-refractivity contribution is 5.82. The fraction of sp³-hybridized carbons (Fsp3) is 0.833. The molecular formula is C12H20O2. The third kappa shape index (κ3) is 2.93. The third-order valence-corrected chi connectivity index (χ3v) is 3.25. The molecule has 0 aromatic rings. The molecule has 0 heterocycles. The Morgan fingerprint density at radius 1 is 1.07 bits per heavy atom. The Kier molecular flexibility index (Phi) is 4.30. The molecule has 0 aliphatic heterocycles. The van der Waals surface area contributed by atoms with E-state index in [4.69, 9.17) is 0 Å². The lowest BCUT2D eigenvalue weighted by atomic mass is 9.78. The van der Waals surface area contributed by atoms with E-state index in [1.807, 2.05) is 6.92 Å². The Morgan fingerprint density at radius 2 is 1.57 bits per heavy atom. The summed E-state index contributed by atoms with van der Waals surface area (Å²) in [6.07, 6.45) is 5.39. The molecule has 80 valence electrons. The van der Waals surface area contributed by atoms with Crippen LogP contribution in [0.4, 0.5) is 0 Å². The van der Waals surface area contributed by atoms with Crippen molar-refractivity contribution in [2.45, 2.75) is 52.4 Å². The van der Waals surface area contributed by atoms with Crippen molar-refractivity contribution in [2.24, 2.45) is 11.8 Å². The Bertz CT molecular complexity index is 212. The lowest BCUT2D eigenvalue weighted by Gasteiger charge is -2.25. The van der Waals surface area contributed by atoms with Gasteiger partial charge < -0.3 is 0 Å². The summed E-state index contributed by atoms with van der Waals surface area (Å²) >= 11 is 0. The molecule has 1 rings (SSSR count). The maximum absolute atomic E-state index is 11.6. The standard InChI is InChI=1S/C12H20O2/c1-3-4-12(14)11-7-5-10(6-8-11)9(2)13/h10-11H,3-8H2,1-2H3. The zero-order chi connectivity index (χ0) is 10.6. The molecule has 0 N–H and O–H groups in total. The van der Waals surface area contributed by atoms with Crippen LogP contribution in [-0.2, 0) is 9.59 Å². The molecule has 0 radical (unpaired) electrons. The normalized spacial score (nSPS) is 27.3. The van der Waals surface area contributed by atoms with Crippen LogP contribution < -0.4 is 0 Å². The Balaban J connectivity index is 2.35. The molecule has 0 aromatic carbocycles. The van der Waals surface area contributed by atoms with Gasteiger partial charge >= 0.3 is 0 Å². The SMILES string of the molecule is CCCC(=O)C1CCC(C(C)=O)CC1. The quantitative estimate of drug-likeness (QED) is 0.692. The van der Waals surface area contributed by atoms with Gasteiger partial charge in [-0.2, -0.15) is 0 Å². The zero-order valence-corrected chi connectivity index (χ0v) is 9.21. The number of rotatable bonds is 4. The van der Waals surface area contributed by atoms with E-state index in [0.717, 1.165) is 38.5 Å². The van der Waals surface area contributed by atoms with E-state index in [1.54, 1.807) is 6.92 Å². The van der Waals surface area contributed by atoms with Gasteiger partial charge in [0, 0.05) is 18.3 Å². The molecule has 0 atom stereocenters. The largest absolute Gasteiger partial charge is 0.300 e. The second-order valence-corrected chi connectivity index (χ2v) is 4.38. The van der Waals surface area contributed by atoms with Crippen molar-refractivity contribution in [2.75, 3.05) is 0 Å². The van der Waals surface area contributed by atoms with E-state index in [1.165, 1.54) is 0 Å². The smallest absolute Gasteiger partial charge is 0.135 e. The van der Waals surface area contributed by atoms with E-state index < -0.39 is 0 Å². The molecule has 14 heavy (non-hydrogen) atoms. The van der Waals surface area contributed by atoms with Gasteiger partial charge in [0.05, 0.1) is 0 Å². The summed E-state index contributed by atoms with van der Waals surface area (Å²) in [6, 6.07) is 0. The first-order chi connectivity index (χ1) is 6.65. The van der Waals surface area contributed by atoms with E-state index in [-0.39, 0.29) is 11.8 Å². The Hall–Kier alpha value is -0.660. The van der Waals surface area contributed by atoms with Crippen LogP contribution in [-0.4, -0.2) is 11.6 Å². The van der Waals surface area contributed by atoms with Gasteiger partial charge in [-0.05, 0) is 39.0 Å². The van der Waals surface area contributed by atoms with Gasteiger partial charge in [-0.3, -0.25) is 9.59 Å². The summed E-state index contributed by atoms with van der Waals surface area (Å²) in [5.41, 5.74) is 0. The van der Waals surface area contributed by atoms with Gasteiger partial charge in [-0.1, -0.05) is 6.92 Å². The third-order valence-electron chi connectivity index (χ3n) is 3.25. The molecule has 1 aliphatic rings. The number of ketones is 2. The maximum Gasteiger partial charge on any atom is 0.135 e. The number of carbonyl (C=O) groups is 2. The summed E-state index contributed by atoms with van der Waals surface area (Å²) in [5, 5.41) is 0. The number of Topliss-reactive ketones (excluding diaryl/α,β-unsaturated/α-hetero) is 2. The predicted octanol–water partition coefficient (Wildman–Crippen LogP) is 2.75. The van der Waals surface area contributed by atoms with Crippen LogP contribution in [0.3, 0.4) is 0 Å². The molecule has 1 fully saturated rings. The number of carbonyl (C=O) groups excluding carboxylic acids is 2. The first kappa shape index (κ1) is 11.4. The Labute approximate surface area is 86.1 Å². The van der Waals surface area contributed by atoms with Gasteiger partial charge in [0.2, 0.25) is 0 Å². The fourth-order valence-electron chi connectivity index (χ4n) is 2.27. The van der Waals surface area contributed by atoms with E-state index in [0.29, 0.717) is 11.6 Å². The number of hydrogen-bond acceptors (Lipinski definition) is 2. The van der Waals surface area contributed by atoms with Crippen molar-refractivity contribution in [3.05, 3.63) is 0 Å². The summed E-state index contributed by atoms with van der Waals surface area (Å²) < 4.78 is 0. The van der Waals surface area contributed by atoms with E-state index in [2.05, 4.69) is 0 Å². The minimum absolute atomic E-state index is 0.237. The average Bonchev–Trinajstić information content (AvgIpc) is 2.18. The van der Waals surface area contributed by atoms with E-state index >= 15 is 0 Å². The van der Waals surface area contributed by atoms with Crippen LogP contribution in [0.5, 0.6) is 0 Å². The van der Waals surface area contributed by atoms with Gasteiger partial charge in [-0.25, -0.2) is 0 Å². The molecule has 1 aliphatic carbocycles. The number of hydrogen-bond donors (Lipinski definition) is 0. The van der Waals surface area contributed by atoms with E-state index in [9.17, 15) is 9.59 Å². The first-order valence-corrected chi connectivity index (χ1v) is 5.68. The van der Waals surface area contributed by atoms with Gasteiger partial charge in [-0.15, -0.1) is 0 Å². The van der Waals surface area contributed by atoms with Crippen molar-refractivity contribution in [3.63, 3.8) is 0 Å². The van der Waals surface area contributed by atoms with Gasteiger partial charge in [0.1, 0.15) is 11.6 Å². The molecule has 2 heteroatoms. The Morgan fingerprint density at radius 3 is 2.00 bits per heavy atom. The van der Waals surface area contributed by atoms with Crippen LogP contribution in [0.15, 0.2) is 0 Å². The fourth-order valence-corrected chi connectivity index (χ4v) is 2.27. The zero-order valence-electron chi connectivity index (χ0n) is 9.21. The minimum Gasteiger partial charge on any atom is -0.300 e. The van der Waals surface area contributed by atoms with Crippen LogP contribution >= 0.6 is 0 Å². The molecule has 0 saturated heterocycles. The minimum atomic E-state index is 0.237. The van der Waals surface area contributed by atoms with Crippen LogP contribution in [0.25, 0.3) is 0 Å². The van der Waals surface area contributed by atoms with Crippen molar-refractivity contribution < 1.29 is 9.59 Å².